The van der Waals surface area contributed by atoms with E-state index in [0.29, 0.717) is 5.69 Å². The fourth-order valence-electron chi connectivity index (χ4n) is 1.86. The molecule has 0 aliphatic heterocycles. The zero-order valence-electron chi connectivity index (χ0n) is 11.9. The van der Waals surface area contributed by atoms with Crippen molar-refractivity contribution in [1.82, 2.24) is 9.97 Å². The number of carbonyl (C=O) groups is 1. The van der Waals surface area contributed by atoms with E-state index < -0.39 is 0 Å². The van der Waals surface area contributed by atoms with E-state index in [-0.39, 0.29) is 5.91 Å². The number of nitrogens with one attached hydrogen (secondary N) is 1. The summed E-state index contributed by atoms with van der Waals surface area (Å²) in [4.78, 5) is 22.1. The Morgan fingerprint density at radius 2 is 1.61 bits per heavy atom. The number of carbonyl (C=O) groups excluding carboxylic acids is 1. The molecule has 2 aromatic carbocycles. The molecule has 114 valence electrons. The van der Waals surface area contributed by atoms with E-state index in [1.165, 1.54) is 18.6 Å². The molecule has 1 amide bonds. The summed E-state index contributed by atoms with van der Waals surface area (Å²) in [6.07, 6.45) is 4.46. The van der Waals surface area contributed by atoms with Crippen molar-refractivity contribution in [2.24, 2.45) is 0 Å². The average Bonchev–Trinajstić information content (AvgIpc) is 2.59. The van der Waals surface area contributed by atoms with Crippen LogP contribution in [0.5, 0.6) is 0 Å². The summed E-state index contributed by atoms with van der Waals surface area (Å²) < 4.78 is 1.06. The Hall–Kier alpha value is -2.18. The summed E-state index contributed by atoms with van der Waals surface area (Å²) in [5.74, 6) is -0.272. The molecular formula is C17H12BrN3OS. The number of amides is 1. The van der Waals surface area contributed by atoms with Crippen LogP contribution in [0.1, 0.15) is 10.5 Å². The highest BCUT2D eigenvalue weighted by Gasteiger charge is 2.07. The fourth-order valence-corrected chi connectivity index (χ4v) is 2.94. The van der Waals surface area contributed by atoms with Gasteiger partial charge in [-0.05, 0) is 48.5 Å². The maximum Gasteiger partial charge on any atom is 0.275 e. The van der Waals surface area contributed by atoms with E-state index in [1.807, 2.05) is 36.4 Å². The summed E-state index contributed by atoms with van der Waals surface area (Å²) in [5, 5.41) is 2.80. The third kappa shape index (κ3) is 4.40. The Morgan fingerprint density at radius 3 is 2.22 bits per heavy atom. The van der Waals surface area contributed by atoms with Crippen LogP contribution in [0.2, 0.25) is 0 Å². The van der Waals surface area contributed by atoms with Crippen LogP contribution in [-0.2, 0) is 0 Å². The van der Waals surface area contributed by atoms with Crippen molar-refractivity contribution in [2.75, 3.05) is 5.32 Å². The summed E-state index contributed by atoms with van der Waals surface area (Å²) >= 11 is 5.09. The van der Waals surface area contributed by atoms with E-state index in [4.69, 9.17) is 0 Å². The maximum atomic E-state index is 12.0. The first-order valence-corrected chi connectivity index (χ1v) is 8.42. The Morgan fingerprint density at radius 1 is 0.957 bits per heavy atom. The van der Waals surface area contributed by atoms with Crippen molar-refractivity contribution in [3.63, 3.8) is 0 Å². The molecule has 0 aliphatic rings. The Bertz CT molecular complexity index is 792. The van der Waals surface area contributed by atoms with Gasteiger partial charge in [0.1, 0.15) is 5.69 Å². The second kappa shape index (κ2) is 7.39. The summed E-state index contributed by atoms with van der Waals surface area (Å²) in [6, 6.07) is 15.8. The number of halogens is 1. The van der Waals surface area contributed by atoms with Gasteiger partial charge in [0.15, 0.2) is 0 Å². The predicted molar refractivity (Wildman–Crippen MR) is 94.7 cm³/mol. The number of hydrogen-bond donors (Lipinski definition) is 1. The van der Waals surface area contributed by atoms with Crippen LogP contribution in [0, 0.1) is 0 Å². The van der Waals surface area contributed by atoms with Crippen molar-refractivity contribution in [2.45, 2.75) is 9.79 Å². The van der Waals surface area contributed by atoms with Crippen molar-refractivity contribution < 1.29 is 4.79 Å². The largest absolute Gasteiger partial charge is 0.321 e. The normalized spacial score (nSPS) is 10.3. The van der Waals surface area contributed by atoms with Gasteiger partial charge in [0.25, 0.3) is 5.91 Å². The molecule has 0 fully saturated rings. The molecule has 0 saturated carbocycles. The van der Waals surface area contributed by atoms with E-state index in [2.05, 4.69) is 43.3 Å². The number of anilines is 1. The molecule has 0 unspecified atom stereocenters. The van der Waals surface area contributed by atoms with Gasteiger partial charge < -0.3 is 5.32 Å². The molecule has 1 heterocycles. The van der Waals surface area contributed by atoms with E-state index in [0.717, 1.165) is 20.0 Å². The average molecular weight is 386 g/mol. The Kier molecular flexibility index (Phi) is 5.05. The Labute approximate surface area is 146 Å². The maximum absolute atomic E-state index is 12.0. The molecule has 3 aromatic rings. The van der Waals surface area contributed by atoms with Crippen molar-refractivity contribution >= 4 is 39.3 Å². The molecule has 4 nitrogen and oxygen atoms in total. The second-order valence-corrected chi connectivity index (χ2v) is 6.69. The third-order valence-corrected chi connectivity index (χ3v) is 4.50. The van der Waals surface area contributed by atoms with Crippen LogP contribution in [0.25, 0.3) is 0 Å². The van der Waals surface area contributed by atoms with Crippen LogP contribution < -0.4 is 5.32 Å². The smallest absolute Gasteiger partial charge is 0.275 e. The molecule has 0 spiro atoms. The molecule has 3 rings (SSSR count). The van der Waals surface area contributed by atoms with Crippen molar-refractivity contribution in [3.05, 3.63) is 77.3 Å². The lowest BCUT2D eigenvalue weighted by Gasteiger charge is -2.06. The molecule has 1 N–H and O–H groups in total. The molecule has 0 saturated heterocycles. The topological polar surface area (TPSA) is 54.9 Å². The number of nitrogens with zero attached hydrogens (tertiary/aromatic N) is 2. The van der Waals surface area contributed by atoms with E-state index >= 15 is 0 Å². The summed E-state index contributed by atoms with van der Waals surface area (Å²) in [6.45, 7) is 0. The molecular weight excluding hydrogens is 374 g/mol. The van der Waals surface area contributed by atoms with Crippen LogP contribution in [0.15, 0.2) is 81.4 Å². The Balaban J connectivity index is 1.65. The van der Waals surface area contributed by atoms with Crippen LogP contribution in [0.3, 0.4) is 0 Å². The minimum atomic E-state index is -0.272. The molecule has 23 heavy (non-hydrogen) atoms. The molecule has 6 heteroatoms. The second-order valence-electron chi connectivity index (χ2n) is 4.63. The number of aromatic nitrogens is 2. The molecule has 1 aromatic heterocycles. The molecule has 0 bridgehead atoms. The molecule has 0 aliphatic carbocycles. The van der Waals surface area contributed by atoms with Gasteiger partial charge in [-0.3, -0.25) is 9.78 Å². The van der Waals surface area contributed by atoms with Gasteiger partial charge in [0.05, 0.1) is 6.20 Å². The fraction of sp³-hybridized carbons (Fsp3) is 0. The van der Waals surface area contributed by atoms with Crippen LogP contribution in [0.4, 0.5) is 5.69 Å². The first-order valence-electron chi connectivity index (χ1n) is 6.81. The SMILES string of the molecule is O=C(Nc1ccc(Sc2ccc(Br)cc2)cc1)c1cnccn1. The highest BCUT2D eigenvalue weighted by Crippen LogP contribution is 2.29. The molecule has 0 radical (unpaired) electrons. The first-order chi connectivity index (χ1) is 11.2. The lowest BCUT2D eigenvalue weighted by molar-refractivity contribution is 0.102. The van der Waals surface area contributed by atoms with Crippen molar-refractivity contribution in [3.8, 4) is 0 Å². The minimum Gasteiger partial charge on any atom is -0.321 e. The van der Waals surface area contributed by atoms with Gasteiger partial charge in [0.2, 0.25) is 0 Å². The lowest BCUT2D eigenvalue weighted by Crippen LogP contribution is -2.13. The number of benzene rings is 2. The van der Waals surface area contributed by atoms with Crippen LogP contribution >= 0.6 is 27.7 Å². The lowest BCUT2D eigenvalue weighted by atomic mass is 10.3. The van der Waals surface area contributed by atoms with Gasteiger partial charge in [-0.25, -0.2) is 4.98 Å². The zero-order chi connectivity index (χ0) is 16.1. The predicted octanol–water partition coefficient (Wildman–Crippen LogP) is 4.64. The highest BCUT2D eigenvalue weighted by atomic mass is 79.9. The van der Waals surface area contributed by atoms with Crippen LogP contribution in [-0.4, -0.2) is 15.9 Å². The van der Waals surface area contributed by atoms with Gasteiger partial charge in [-0.2, -0.15) is 0 Å². The molecule has 0 atom stereocenters. The minimum absolute atomic E-state index is 0.272. The van der Waals surface area contributed by atoms with Gasteiger partial charge in [-0.1, -0.05) is 27.7 Å². The van der Waals surface area contributed by atoms with Gasteiger partial charge >= 0.3 is 0 Å². The summed E-state index contributed by atoms with van der Waals surface area (Å²) in [5.41, 5.74) is 1.02. The van der Waals surface area contributed by atoms with Crippen molar-refractivity contribution in [1.29, 1.82) is 0 Å². The van der Waals surface area contributed by atoms with Gasteiger partial charge in [0, 0.05) is 32.3 Å². The zero-order valence-corrected chi connectivity index (χ0v) is 14.3. The third-order valence-electron chi connectivity index (χ3n) is 2.96. The van der Waals surface area contributed by atoms with E-state index in [9.17, 15) is 4.79 Å². The standard InChI is InChI=1S/C17H12BrN3OS/c18-12-1-5-14(6-2-12)23-15-7-3-13(4-8-15)21-17(22)16-11-19-9-10-20-16/h1-11H,(H,21,22). The summed E-state index contributed by atoms with van der Waals surface area (Å²) in [7, 11) is 0. The monoisotopic (exact) mass is 385 g/mol. The quantitative estimate of drug-likeness (QED) is 0.710. The highest BCUT2D eigenvalue weighted by molar-refractivity contribution is 9.10. The van der Waals surface area contributed by atoms with Gasteiger partial charge in [-0.15, -0.1) is 0 Å². The first kappa shape index (κ1) is 15.7. The van der Waals surface area contributed by atoms with E-state index in [1.54, 1.807) is 11.8 Å². The number of hydrogen-bond acceptors (Lipinski definition) is 4. The number of rotatable bonds is 4.